The molecule has 1 fully saturated rings. The summed E-state index contributed by atoms with van der Waals surface area (Å²) in [7, 11) is 2.97. The molecule has 0 aromatic carbocycles. The summed E-state index contributed by atoms with van der Waals surface area (Å²) < 4.78 is 7.69. The van der Waals surface area contributed by atoms with Gasteiger partial charge >= 0.3 is 11.7 Å². The lowest BCUT2D eigenvalue weighted by atomic mass is 10.1. The van der Waals surface area contributed by atoms with Crippen molar-refractivity contribution in [3.63, 3.8) is 0 Å². The molecule has 2 rings (SSSR count). The molecule has 1 aromatic heterocycles. The minimum absolute atomic E-state index is 0.0746. The van der Waals surface area contributed by atoms with Crippen molar-refractivity contribution in [2.45, 2.75) is 34.3 Å². The van der Waals surface area contributed by atoms with Crippen molar-refractivity contribution in [2.24, 2.45) is 31.3 Å². The van der Waals surface area contributed by atoms with Gasteiger partial charge in [0, 0.05) is 20.2 Å². The second-order valence-electron chi connectivity index (χ2n) is 7.05. The molecule has 0 spiro atoms. The fraction of sp³-hybridized carbons (Fsp3) is 0.588. The van der Waals surface area contributed by atoms with Crippen molar-refractivity contribution in [1.29, 1.82) is 0 Å². The maximum Gasteiger partial charge on any atom is 0.330 e. The zero-order valence-electron chi connectivity index (χ0n) is 14.5. The average molecular weight is 320 g/mol. The second kappa shape index (κ2) is 5.83. The molecule has 6 heteroatoms. The van der Waals surface area contributed by atoms with E-state index in [9.17, 15) is 14.4 Å². The maximum atomic E-state index is 12.3. The van der Waals surface area contributed by atoms with Crippen LogP contribution in [0.1, 0.15) is 33.4 Å². The van der Waals surface area contributed by atoms with Gasteiger partial charge in [0.2, 0.25) is 0 Å². The standard InChI is InChI=1S/C17H24N2O4/c1-10(2)7-12-14(17(12,3)4)15(21)23-9-11-8-13(20)19(6)16(22)18(11)5/h7-8,12,14H,9H2,1-6H3/t12-,14+/m0/s1. The van der Waals surface area contributed by atoms with Crippen LogP contribution in [0.2, 0.25) is 0 Å². The highest BCUT2D eigenvalue weighted by atomic mass is 16.5. The van der Waals surface area contributed by atoms with Crippen LogP contribution in [0.25, 0.3) is 0 Å². The first kappa shape index (κ1) is 17.2. The largest absolute Gasteiger partial charge is 0.459 e. The molecular formula is C17H24N2O4. The van der Waals surface area contributed by atoms with E-state index >= 15 is 0 Å². The first-order chi connectivity index (χ1) is 10.6. The molecule has 23 heavy (non-hydrogen) atoms. The Labute approximate surface area is 135 Å². The molecule has 1 aromatic rings. The molecule has 2 atom stereocenters. The van der Waals surface area contributed by atoms with Gasteiger partial charge in [-0.15, -0.1) is 0 Å². The Morgan fingerprint density at radius 2 is 1.87 bits per heavy atom. The van der Waals surface area contributed by atoms with Gasteiger partial charge in [-0.1, -0.05) is 25.5 Å². The number of carbonyl (C=O) groups is 1. The highest BCUT2D eigenvalue weighted by Crippen LogP contribution is 2.59. The van der Waals surface area contributed by atoms with E-state index in [2.05, 4.69) is 6.08 Å². The summed E-state index contributed by atoms with van der Waals surface area (Å²) >= 11 is 0. The highest BCUT2D eigenvalue weighted by Gasteiger charge is 2.61. The van der Waals surface area contributed by atoms with Gasteiger partial charge in [0.05, 0.1) is 11.6 Å². The number of aromatic nitrogens is 2. The Hall–Kier alpha value is -2.11. The van der Waals surface area contributed by atoms with Gasteiger partial charge in [-0.25, -0.2) is 4.79 Å². The number of ether oxygens (including phenoxy) is 1. The van der Waals surface area contributed by atoms with E-state index in [1.165, 1.54) is 23.3 Å². The number of esters is 1. The molecule has 0 N–H and O–H groups in total. The Morgan fingerprint density at radius 3 is 2.43 bits per heavy atom. The Bertz CT molecular complexity index is 779. The normalized spacial score (nSPS) is 21.7. The van der Waals surface area contributed by atoms with E-state index in [0.717, 1.165) is 4.57 Å². The lowest BCUT2D eigenvalue weighted by molar-refractivity contribution is -0.147. The van der Waals surface area contributed by atoms with Crippen LogP contribution in [-0.4, -0.2) is 15.1 Å². The van der Waals surface area contributed by atoms with Crippen molar-refractivity contribution in [3.05, 3.63) is 44.2 Å². The lowest BCUT2D eigenvalue weighted by Crippen LogP contribution is -2.38. The van der Waals surface area contributed by atoms with Gasteiger partial charge in [0.15, 0.2) is 0 Å². The van der Waals surface area contributed by atoms with Crippen molar-refractivity contribution >= 4 is 5.97 Å². The van der Waals surface area contributed by atoms with E-state index in [0.29, 0.717) is 5.69 Å². The number of hydrogen-bond donors (Lipinski definition) is 0. The third-order valence-corrected chi connectivity index (χ3v) is 4.67. The molecule has 0 amide bonds. The number of carbonyl (C=O) groups excluding carboxylic acids is 1. The summed E-state index contributed by atoms with van der Waals surface area (Å²) in [6.45, 7) is 8.02. The van der Waals surface area contributed by atoms with E-state index in [1.54, 1.807) is 7.05 Å². The summed E-state index contributed by atoms with van der Waals surface area (Å²) in [6.07, 6.45) is 2.10. The lowest BCUT2D eigenvalue weighted by Gasteiger charge is -2.10. The molecule has 0 saturated heterocycles. The molecular weight excluding hydrogens is 296 g/mol. The molecule has 0 bridgehead atoms. The summed E-state index contributed by atoms with van der Waals surface area (Å²) in [5, 5.41) is 0. The monoisotopic (exact) mass is 320 g/mol. The van der Waals surface area contributed by atoms with E-state index in [4.69, 9.17) is 4.74 Å². The number of hydrogen-bond acceptors (Lipinski definition) is 4. The van der Waals surface area contributed by atoms with Crippen molar-refractivity contribution in [1.82, 2.24) is 9.13 Å². The van der Waals surface area contributed by atoms with Crippen LogP contribution >= 0.6 is 0 Å². The minimum Gasteiger partial charge on any atom is -0.459 e. The van der Waals surface area contributed by atoms with Gasteiger partial charge in [-0.3, -0.25) is 18.7 Å². The van der Waals surface area contributed by atoms with Gasteiger partial charge in [0.1, 0.15) is 6.61 Å². The van der Waals surface area contributed by atoms with Gasteiger partial charge in [-0.05, 0) is 25.2 Å². The quantitative estimate of drug-likeness (QED) is 0.620. The molecule has 1 saturated carbocycles. The molecule has 6 nitrogen and oxygen atoms in total. The molecule has 0 aliphatic heterocycles. The van der Waals surface area contributed by atoms with Gasteiger partial charge < -0.3 is 4.74 Å². The third-order valence-electron chi connectivity index (χ3n) is 4.67. The van der Waals surface area contributed by atoms with Gasteiger partial charge in [-0.2, -0.15) is 0 Å². The SMILES string of the molecule is CC(C)=C[C@H]1[C@H](C(=O)OCc2cc(=O)n(C)c(=O)n2C)C1(C)C. The van der Waals surface area contributed by atoms with Crippen molar-refractivity contribution < 1.29 is 9.53 Å². The fourth-order valence-corrected chi connectivity index (χ4v) is 2.95. The number of nitrogens with zero attached hydrogens (tertiary/aromatic N) is 2. The molecule has 126 valence electrons. The number of allylic oxidation sites excluding steroid dienone is 2. The van der Waals surface area contributed by atoms with Gasteiger partial charge in [0.25, 0.3) is 5.56 Å². The predicted molar refractivity (Wildman–Crippen MR) is 86.9 cm³/mol. The number of rotatable bonds is 4. The first-order valence-corrected chi connectivity index (χ1v) is 7.65. The average Bonchev–Trinajstić information content (AvgIpc) is 2.99. The van der Waals surface area contributed by atoms with Crippen molar-refractivity contribution in [2.75, 3.05) is 0 Å². The van der Waals surface area contributed by atoms with Crippen LogP contribution < -0.4 is 11.2 Å². The summed E-state index contributed by atoms with van der Waals surface area (Å²) in [4.78, 5) is 35.8. The van der Waals surface area contributed by atoms with Crippen LogP contribution in [0.4, 0.5) is 0 Å². The summed E-state index contributed by atoms with van der Waals surface area (Å²) in [5.41, 5.74) is 0.606. The Balaban J connectivity index is 2.11. The van der Waals surface area contributed by atoms with Crippen LogP contribution in [0.3, 0.4) is 0 Å². The molecule has 1 heterocycles. The zero-order valence-corrected chi connectivity index (χ0v) is 14.5. The van der Waals surface area contributed by atoms with Crippen LogP contribution in [-0.2, 0) is 30.2 Å². The zero-order chi connectivity index (χ0) is 17.5. The minimum atomic E-state index is -0.433. The topological polar surface area (TPSA) is 70.3 Å². The van der Waals surface area contributed by atoms with Crippen LogP contribution in [0.15, 0.2) is 27.3 Å². The molecule has 1 aliphatic carbocycles. The summed E-state index contributed by atoms with van der Waals surface area (Å²) in [5.74, 6) is -0.293. The smallest absolute Gasteiger partial charge is 0.330 e. The molecule has 0 radical (unpaired) electrons. The summed E-state index contributed by atoms with van der Waals surface area (Å²) in [6, 6.07) is 1.32. The van der Waals surface area contributed by atoms with E-state index in [-0.39, 0.29) is 29.8 Å². The molecule has 0 unspecified atom stereocenters. The van der Waals surface area contributed by atoms with Crippen molar-refractivity contribution in [3.8, 4) is 0 Å². The Morgan fingerprint density at radius 1 is 1.26 bits per heavy atom. The third kappa shape index (κ3) is 3.16. The van der Waals surface area contributed by atoms with E-state index < -0.39 is 11.2 Å². The highest BCUT2D eigenvalue weighted by molar-refractivity contribution is 5.78. The fourth-order valence-electron chi connectivity index (χ4n) is 2.95. The second-order valence-corrected chi connectivity index (χ2v) is 7.05. The van der Waals surface area contributed by atoms with Crippen LogP contribution in [0.5, 0.6) is 0 Å². The Kier molecular flexibility index (Phi) is 4.37. The van der Waals surface area contributed by atoms with E-state index in [1.807, 2.05) is 27.7 Å². The predicted octanol–water partition coefficient (Wildman–Crippen LogP) is 1.37. The maximum absolute atomic E-state index is 12.3. The first-order valence-electron chi connectivity index (χ1n) is 7.65. The van der Waals surface area contributed by atoms with Crippen LogP contribution in [0, 0.1) is 17.3 Å². The molecule has 1 aliphatic rings.